The van der Waals surface area contributed by atoms with Crippen molar-refractivity contribution in [3.8, 4) is 0 Å². The minimum absolute atomic E-state index is 0.268. The van der Waals surface area contributed by atoms with E-state index in [1.165, 1.54) is 0 Å². The van der Waals surface area contributed by atoms with Gasteiger partial charge in [0.2, 0.25) is 0 Å². The molecule has 1 atom stereocenters. The Morgan fingerprint density at radius 3 is 2.11 bits per heavy atom. The van der Waals surface area contributed by atoms with Gasteiger partial charge in [0.15, 0.2) is 9.84 Å². The largest absolute Gasteiger partial charge is 0.329 e. The van der Waals surface area contributed by atoms with E-state index in [1.807, 2.05) is 0 Å². The number of piperazine rings is 1. The van der Waals surface area contributed by atoms with Gasteiger partial charge in [-0.1, -0.05) is 0 Å². The van der Waals surface area contributed by atoms with Crippen LogP contribution in [0.5, 0.6) is 0 Å². The highest BCUT2D eigenvalue weighted by Gasteiger charge is 2.22. The van der Waals surface area contributed by atoms with Crippen LogP contribution in [0.1, 0.15) is 20.8 Å². The van der Waals surface area contributed by atoms with Gasteiger partial charge in [0.25, 0.3) is 0 Å². The zero-order valence-electron chi connectivity index (χ0n) is 11.8. The second-order valence-electron chi connectivity index (χ2n) is 5.38. The van der Waals surface area contributed by atoms with Crippen molar-refractivity contribution in [1.29, 1.82) is 0 Å². The van der Waals surface area contributed by atoms with E-state index in [4.69, 9.17) is 5.73 Å². The van der Waals surface area contributed by atoms with Gasteiger partial charge < -0.3 is 5.73 Å². The average molecular weight is 277 g/mol. The number of hydrogen-bond donors (Lipinski definition) is 1. The van der Waals surface area contributed by atoms with Gasteiger partial charge in [-0.05, 0) is 20.8 Å². The first-order valence-corrected chi connectivity index (χ1v) is 8.46. The molecule has 1 fully saturated rings. The van der Waals surface area contributed by atoms with Crippen LogP contribution in [0, 0.1) is 0 Å². The Morgan fingerprint density at radius 2 is 1.67 bits per heavy atom. The lowest BCUT2D eigenvalue weighted by molar-refractivity contribution is 0.109. The van der Waals surface area contributed by atoms with E-state index in [1.54, 1.807) is 13.8 Å². The van der Waals surface area contributed by atoms with Crippen molar-refractivity contribution in [3.63, 3.8) is 0 Å². The van der Waals surface area contributed by atoms with Crippen LogP contribution in [0.2, 0.25) is 0 Å². The molecule has 0 bridgehead atoms. The van der Waals surface area contributed by atoms with Gasteiger partial charge in [0.1, 0.15) is 0 Å². The molecule has 5 nitrogen and oxygen atoms in total. The summed E-state index contributed by atoms with van der Waals surface area (Å²) in [7, 11) is -2.91. The second-order valence-corrected chi connectivity index (χ2v) is 8.05. The smallest absolute Gasteiger partial charge is 0.153 e. The third kappa shape index (κ3) is 4.50. The van der Waals surface area contributed by atoms with Gasteiger partial charge in [0, 0.05) is 45.3 Å². The Hall–Kier alpha value is -0.170. The molecule has 18 heavy (non-hydrogen) atoms. The third-order valence-corrected chi connectivity index (χ3v) is 5.97. The summed E-state index contributed by atoms with van der Waals surface area (Å²) in [4.78, 5) is 4.60. The fraction of sp³-hybridized carbons (Fsp3) is 1.00. The topological polar surface area (TPSA) is 66.6 Å². The van der Waals surface area contributed by atoms with Crippen LogP contribution in [0.15, 0.2) is 0 Å². The summed E-state index contributed by atoms with van der Waals surface area (Å²) in [6.45, 7) is 10.8. The molecule has 0 spiro atoms. The highest BCUT2D eigenvalue weighted by atomic mass is 32.2. The van der Waals surface area contributed by atoms with Gasteiger partial charge in [-0.3, -0.25) is 9.80 Å². The van der Waals surface area contributed by atoms with Gasteiger partial charge in [0.05, 0.1) is 11.0 Å². The fourth-order valence-corrected chi connectivity index (χ4v) is 3.05. The first-order valence-electron chi connectivity index (χ1n) is 6.75. The van der Waals surface area contributed by atoms with E-state index in [0.717, 1.165) is 26.2 Å². The minimum Gasteiger partial charge on any atom is -0.329 e. The lowest BCUT2D eigenvalue weighted by Crippen LogP contribution is -2.52. The molecule has 108 valence electrons. The molecule has 1 unspecified atom stereocenters. The van der Waals surface area contributed by atoms with Crippen LogP contribution < -0.4 is 5.73 Å². The lowest BCUT2D eigenvalue weighted by atomic mass is 10.2. The maximum atomic E-state index is 11.7. The Balaban J connectivity index is 2.32. The monoisotopic (exact) mass is 277 g/mol. The maximum absolute atomic E-state index is 11.7. The van der Waals surface area contributed by atoms with Gasteiger partial charge in [-0.15, -0.1) is 0 Å². The molecule has 0 radical (unpaired) electrons. The molecule has 0 amide bonds. The quantitative estimate of drug-likeness (QED) is 0.727. The molecule has 0 aromatic rings. The van der Waals surface area contributed by atoms with Crippen molar-refractivity contribution >= 4 is 9.84 Å². The Bertz CT molecular complexity index is 335. The molecule has 1 rings (SSSR count). The summed E-state index contributed by atoms with van der Waals surface area (Å²) in [5.74, 6) is 0.275. The molecule has 1 aliphatic rings. The predicted molar refractivity (Wildman–Crippen MR) is 75.5 cm³/mol. The van der Waals surface area contributed by atoms with Crippen molar-refractivity contribution in [2.45, 2.75) is 32.1 Å². The summed E-state index contributed by atoms with van der Waals surface area (Å²) in [5, 5.41) is -0.268. The number of nitrogens with zero attached hydrogens (tertiary/aromatic N) is 2. The molecule has 0 aromatic carbocycles. The number of rotatable bonds is 6. The first-order chi connectivity index (χ1) is 8.36. The summed E-state index contributed by atoms with van der Waals surface area (Å²) in [5.41, 5.74) is 5.65. The van der Waals surface area contributed by atoms with Crippen LogP contribution in [-0.4, -0.2) is 74.5 Å². The molecule has 1 aliphatic heterocycles. The summed E-state index contributed by atoms with van der Waals surface area (Å²) in [6.07, 6.45) is 0. The van der Waals surface area contributed by atoms with Crippen LogP contribution in [0.3, 0.4) is 0 Å². The summed E-state index contributed by atoms with van der Waals surface area (Å²) in [6, 6.07) is 0.423. The van der Waals surface area contributed by atoms with Crippen LogP contribution in [-0.2, 0) is 9.84 Å². The third-order valence-electron chi connectivity index (χ3n) is 3.78. The standard InChI is InChI=1S/C12H27N3O2S/c1-11(2)18(16,17)9-8-14-4-6-15(7-5-14)12(3)10-13/h11-12H,4-10,13H2,1-3H3. The van der Waals surface area contributed by atoms with E-state index in [0.29, 0.717) is 19.1 Å². The van der Waals surface area contributed by atoms with Crippen molar-refractivity contribution in [2.24, 2.45) is 5.73 Å². The molecular weight excluding hydrogens is 250 g/mol. The molecule has 0 aromatic heterocycles. The molecule has 0 aliphatic carbocycles. The predicted octanol–water partition coefficient (Wildman–Crippen LogP) is -0.226. The SMILES string of the molecule is CC(CN)N1CCN(CCS(=O)(=O)C(C)C)CC1. The van der Waals surface area contributed by atoms with Gasteiger partial charge in [-0.2, -0.15) is 0 Å². The molecular formula is C12H27N3O2S. The molecule has 6 heteroatoms. The van der Waals surface area contributed by atoms with E-state index in [-0.39, 0.29) is 11.0 Å². The number of hydrogen-bond acceptors (Lipinski definition) is 5. The summed E-state index contributed by atoms with van der Waals surface area (Å²) >= 11 is 0. The highest BCUT2D eigenvalue weighted by molar-refractivity contribution is 7.92. The molecule has 1 heterocycles. The van der Waals surface area contributed by atoms with E-state index < -0.39 is 9.84 Å². The van der Waals surface area contributed by atoms with E-state index in [2.05, 4.69) is 16.7 Å². The van der Waals surface area contributed by atoms with Crippen LogP contribution in [0.4, 0.5) is 0 Å². The van der Waals surface area contributed by atoms with Crippen LogP contribution in [0.25, 0.3) is 0 Å². The van der Waals surface area contributed by atoms with Crippen molar-refractivity contribution in [1.82, 2.24) is 9.80 Å². The highest BCUT2D eigenvalue weighted by Crippen LogP contribution is 2.07. The Kier molecular flexibility index (Phi) is 6.04. The Morgan fingerprint density at radius 1 is 1.11 bits per heavy atom. The van der Waals surface area contributed by atoms with Gasteiger partial charge >= 0.3 is 0 Å². The zero-order valence-corrected chi connectivity index (χ0v) is 12.6. The molecule has 0 saturated carbocycles. The number of sulfone groups is 1. The zero-order chi connectivity index (χ0) is 13.8. The van der Waals surface area contributed by atoms with Crippen molar-refractivity contribution in [2.75, 3.05) is 45.0 Å². The molecule has 2 N–H and O–H groups in total. The first kappa shape index (κ1) is 15.9. The van der Waals surface area contributed by atoms with E-state index in [9.17, 15) is 8.42 Å². The Labute approximate surface area is 111 Å². The average Bonchev–Trinajstić information content (AvgIpc) is 2.36. The lowest BCUT2D eigenvalue weighted by Gasteiger charge is -2.37. The minimum atomic E-state index is -2.91. The number of nitrogens with two attached hydrogens (primary N) is 1. The van der Waals surface area contributed by atoms with Crippen LogP contribution >= 0.6 is 0 Å². The fourth-order valence-electron chi connectivity index (χ4n) is 2.07. The second kappa shape index (κ2) is 6.84. The van der Waals surface area contributed by atoms with Gasteiger partial charge in [-0.25, -0.2) is 8.42 Å². The van der Waals surface area contributed by atoms with Crippen molar-refractivity contribution in [3.05, 3.63) is 0 Å². The summed E-state index contributed by atoms with van der Waals surface area (Å²) < 4.78 is 23.5. The van der Waals surface area contributed by atoms with E-state index >= 15 is 0 Å². The van der Waals surface area contributed by atoms with Crippen molar-refractivity contribution < 1.29 is 8.42 Å². The maximum Gasteiger partial charge on any atom is 0.153 e. The normalized spacial score (nSPS) is 21.4. The molecule has 1 saturated heterocycles.